The van der Waals surface area contributed by atoms with Gasteiger partial charge >= 0.3 is 6.03 Å². The molecule has 0 aliphatic heterocycles. The lowest BCUT2D eigenvalue weighted by Crippen LogP contribution is -2.32. The average Bonchev–Trinajstić information content (AvgIpc) is 2.59. The van der Waals surface area contributed by atoms with E-state index in [0.717, 1.165) is 0 Å². The number of urea groups is 1. The lowest BCUT2D eigenvalue weighted by atomic mass is 10.3. The Labute approximate surface area is 138 Å². The van der Waals surface area contributed by atoms with E-state index < -0.39 is 11.0 Å². The van der Waals surface area contributed by atoms with E-state index in [-0.39, 0.29) is 18.8 Å². The maximum absolute atomic E-state index is 11.7. The molecule has 0 radical (unpaired) electrons. The molecule has 0 aliphatic carbocycles. The van der Waals surface area contributed by atoms with E-state index >= 15 is 0 Å². The standard InChI is InChI=1S/C16H17N3O5/c1-23-14-6-3-7-15(11-14)24-9-8-17-16(20)18-12-4-2-5-13(10-12)19(21)22/h2-7,10-11H,8-9H2,1H3,(H2,17,18,20). The van der Waals surface area contributed by atoms with Crippen LogP contribution in [0.4, 0.5) is 16.2 Å². The van der Waals surface area contributed by atoms with Crippen LogP contribution in [0.5, 0.6) is 11.5 Å². The van der Waals surface area contributed by atoms with Gasteiger partial charge in [-0.05, 0) is 18.2 Å². The van der Waals surface area contributed by atoms with Crippen LogP contribution in [0, 0.1) is 10.1 Å². The molecule has 0 heterocycles. The first-order valence-corrected chi connectivity index (χ1v) is 7.14. The molecule has 0 saturated heterocycles. The Morgan fingerprint density at radius 2 is 1.92 bits per heavy atom. The van der Waals surface area contributed by atoms with E-state index in [2.05, 4.69) is 10.6 Å². The fraction of sp³-hybridized carbons (Fsp3) is 0.188. The quantitative estimate of drug-likeness (QED) is 0.461. The van der Waals surface area contributed by atoms with Crippen molar-refractivity contribution in [3.63, 3.8) is 0 Å². The van der Waals surface area contributed by atoms with E-state index in [1.54, 1.807) is 37.4 Å². The number of nitrogens with zero attached hydrogens (tertiary/aromatic N) is 1. The number of carbonyl (C=O) groups is 1. The highest BCUT2D eigenvalue weighted by atomic mass is 16.6. The van der Waals surface area contributed by atoms with Crippen molar-refractivity contribution in [2.24, 2.45) is 0 Å². The first kappa shape index (κ1) is 17.1. The van der Waals surface area contributed by atoms with Crippen LogP contribution in [0.1, 0.15) is 0 Å². The van der Waals surface area contributed by atoms with Crippen LogP contribution in [0.25, 0.3) is 0 Å². The van der Waals surface area contributed by atoms with Gasteiger partial charge in [0.1, 0.15) is 18.1 Å². The van der Waals surface area contributed by atoms with Crippen LogP contribution in [-0.2, 0) is 0 Å². The minimum absolute atomic E-state index is 0.0887. The zero-order chi connectivity index (χ0) is 17.4. The number of nitro groups is 1. The maximum atomic E-state index is 11.7. The summed E-state index contributed by atoms with van der Waals surface area (Å²) in [4.78, 5) is 21.9. The Hall–Kier alpha value is -3.29. The number of nitrogens with one attached hydrogen (secondary N) is 2. The minimum atomic E-state index is -0.523. The number of rotatable bonds is 7. The number of non-ortho nitro benzene ring substituents is 1. The summed E-state index contributed by atoms with van der Waals surface area (Å²) < 4.78 is 10.6. The van der Waals surface area contributed by atoms with Crippen molar-refractivity contribution in [3.8, 4) is 11.5 Å². The van der Waals surface area contributed by atoms with Gasteiger partial charge in [0.25, 0.3) is 5.69 Å². The molecule has 8 heteroatoms. The summed E-state index contributed by atoms with van der Waals surface area (Å²) in [6, 6.07) is 12.4. The molecule has 8 nitrogen and oxygen atoms in total. The molecule has 126 valence electrons. The molecule has 2 rings (SSSR count). The van der Waals surface area contributed by atoms with E-state index in [4.69, 9.17) is 9.47 Å². The molecule has 0 atom stereocenters. The van der Waals surface area contributed by atoms with E-state index in [1.807, 2.05) is 0 Å². The van der Waals surface area contributed by atoms with Crippen molar-refractivity contribution < 1.29 is 19.2 Å². The molecule has 0 unspecified atom stereocenters. The molecule has 0 saturated carbocycles. The summed E-state index contributed by atoms with van der Waals surface area (Å²) in [5, 5.41) is 15.8. The lowest BCUT2D eigenvalue weighted by Gasteiger charge is -2.09. The SMILES string of the molecule is COc1cccc(OCCNC(=O)Nc2cccc([N+](=O)[O-])c2)c1. The van der Waals surface area contributed by atoms with Gasteiger partial charge in [0, 0.05) is 23.9 Å². The number of hydrogen-bond donors (Lipinski definition) is 2. The maximum Gasteiger partial charge on any atom is 0.319 e. The number of amides is 2. The number of benzene rings is 2. The molecule has 2 amide bonds. The number of methoxy groups -OCH3 is 1. The molecular formula is C16H17N3O5. The third-order valence-corrected chi connectivity index (χ3v) is 3.01. The third kappa shape index (κ3) is 5.16. The Kier molecular flexibility index (Phi) is 5.95. The summed E-state index contributed by atoms with van der Waals surface area (Å²) in [6.45, 7) is 0.549. The highest BCUT2D eigenvalue weighted by molar-refractivity contribution is 5.89. The highest BCUT2D eigenvalue weighted by Crippen LogP contribution is 2.18. The lowest BCUT2D eigenvalue weighted by molar-refractivity contribution is -0.384. The summed E-state index contributed by atoms with van der Waals surface area (Å²) in [6.07, 6.45) is 0. The van der Waals surface area contributed by atoms with Gasteiger partial charge in [-0.3, -0.25) is 10.1 Å². The number of carbonyl (C=O) groups excluding carboxylic acids is 1. The van der Waals surface area contributed by atoms with Gasteiger partial charge in [-0.25, -0.2) is 4.79 Å². The minimum Gasteiger partial charge on any atom is -0.497 e. The van der Waals surface area contributed by atoms with Crippen LogP contribution in [-0.4, -0.2) is 31.2 Å². The van der Waals surface area contributed by atoms with Crippen molar-refractivity contribution in [3.05, 3.63) is 58.6 Å². The molecule has 24 heavy (non-hydrogen) atoms. The average molecular weight is 331 g/mol. The Morgan fingerprint density at radius 1 is 1.17 bits per heavy atom. The molecule has 2 N–H and O–H groups in total. The van der Waals surface area contributed by atoms with Crippen LogP contribution in [0.3, 0.4) is 0 Å². The molecule has 2 aromatic carbocycles. The predicted octanol–water partition coefficient (Wildman–Crippen LogP) is 2.80. The van der Waals surface area contributed by atoms with Crippen molar-refractivity contribution in [1.29, 1.82) is 0 Å². The number of nitro benzene ring substituents is 1. The Morgan fingerprint density at radius 3 is 2.67 bits per heavy atom. The largest absolute Gasteiger partial charge is 0.497 e. The second kappa shape index (κ2) is 8.37. The molecule has 2 aromatic rings. The monoisotopic (exact) mass is 331 g/mol. The molecule has 0 spiro atoms. The molecular weight excluding hydrogens is 314 g/mol. The van der Waals surface area contributed by atoms with Crippen LogP contribution in [0.15, 0.2) is 48.5 Å². The van der Waals surface area contributed by atoms with E-state index in [9.17, 15) is 14.9 Å². The number of ether oxygens (including phenoxy) is 2. The fourth-order valence-electron chi connectivity index (χ4n) is 1.90. The zero-order valence-electron chi connectivity index (χ0n) is 13.0. The van der Waals surface area contributed by atoms with Crippen molar-refractivity contribution >= 4 is 17.4 Å². The Bertz CT molecular complexity index is 720. The smallest absolute Gasteiger partial charge is 0.319 e. The number of hydrogen-bond acceptors (Lipinski definition) is 5. The zero-order valence-corrected chi connectivity index (χ0v) is 13.0. The van der Waals surface area contributed by atoms with Gasteiger partial charge in [0.15, 0.2) is 0 Å². The van der Waals surface area contributed by atoms with Crippen LogP contribution in [0.2, 0.25) is 0 Å². The van der Waals surface area contributed by atoms with Gasteiger partial charge < -0.3 is 20.1 Å². The second-order valence-electron chi connectivity index (χ2n) is 4.72. The van der Waals surface area contributed by atoms with Gasteiger partial charge in [-0.2, -0.15) is 0 Å². The predicted molar refractivity (Wildman–Crippen MR) is 88.6 cm³/mol. The van der Waals surface area contributed by atoms with Crippen molar-refractivity contribution in [2.45, 2.75) is 0 Å². The van der Waals surface area contributed by atoms with Gasteiger partial charge in [0.2, 0.25) is 0 Å². The third-order valence-electron chi connectivity index (χ3n) is 3.01. The normalized spacial score (nSPS) is 9.88. The first-order valence-electron chi connectivity index (χ1n) is 7.14. The second-order valence-corrected chi connectivity index (χ2v) is 4.72. The van der Waals surface area contributed by atoms with Gasteiger partial charge in [-0.1, -0.05) is 12.1 Å². The van der Waals surface area contributed by atoms with Gasteiger partial charge in [-0.15, -0.1) is 0 Å². The van der Waals surface area contributed by atoms with Crippen molar-refractivity contribution in [2.75, 3.05) is 25.6 Å². The summed E-state index contributed by atoms with van der Waals surface area (Å²) in [5.74, 6) is 1.32. The van der Waals surface area contributed by atoms with Crippen LogP contribution < -0.4 is 20.1 Å². The van der Waals surface area contributed by atoms with Crippen LogP contribution >= 0.6 is 0 Å². The van der Waals surface area contributed by atoms with Gasteiger partial charge in [0.05, 0.1) is 18.6 Å². The summed E-state index contributed by atoms with van der Waals surface area (Å²) >= 11 is 0. The molecule has 0 bridgehead atoms. The first-order chi connectivity index (χ1) is 11.6. The molecule has 0 fully saturated rings. The fourth-order valence-corrected chi connectivity index (χ4v) is 1.90. The van der Waals surface area contributed by atoms with E-state index in [1.165, 1.54) is 18.2 Å². The highest BCUT2D eigenvalue weighted by Gasteiger charge is 2.07. The number of anilines is 1. The van der Waals surface area contributed by atoms with Crippen molar-refractivity contribution in [1.82, 2.24) is 5.32 Å². The topological polar surface area (TPSA) is 103 Å². The van der Waals surface area contributed by atoms with E-state index in [0.29, 0.717) is 17.2 Å². The molecule has 0 aliphatic rings. The Balaban J connectivity index is 1.75. The molecule has 0 aromatic heterocycles. The summed E-state index contributed by atoms with van der Waals surface area (Å²) in [5.41, 5.74) is 0.254. The summed E-state index contributed by atoms with van der Waals surface area (Å²) in [7, 11) is 1.57.